The third-order valence-electron chi connectivity index (χ3n) is 2.98. The molecule has 0 fully saturated rings. The third kappa shape index (κ3) is 6.63. The summed E-state index contributed by atoms with van der Waals surface area (Å²) >= 11 is 0. The van der Waals surface area contributed by atoms with Crippen LogP contribution < -0.4 is 5.32 Å². The fourth-order valence-corrected chi connectivity index (χ4v) is 1.98. The molecule has 0 bridgehead atoms. The minimum Gasteiger partial charge on any atom is -0.375 e. The Balaban J connectivity index is 2.26. The number of nitrogens with zero attached hydrogens (tertiary/aromatic N) is 2. The maximum Gasteiger partial charge on any atom is 0.261 e. The molecule has 6 heteroatoms. The molecule has 0 saturated carbocycles. The maximum absolute atomic E-state index is 11.9. The Morgan fingerprint density at radius 3 is 2.79 bits per heavy atom. The van der Waals surface area contributed by atoms with Crippen molar-refractivity contribution in [3.63, 3.8) is 0 Å². The number of aryl methyl sites for hydroxylation is 2. The monoisotopic (exact) mass is 275 g/mol. The Kier molecular flexibility index (Phi) is 7.59. The SMILES string of the molecule is CCNC(CCOCC(F)F)CCc1nccn1C. The van der Waals surface area contributed by atoms with E-state index in [2.05, 4.69) is 10.3 Å². The van der Waals surface area contributed by atoms with Gasteiger partial charge in [0.15, 0.2) is 0 Å². The van der Waals surface area contributed by atoms with E-state index in [-0.39, 0.29) is 6.04 Å². The van der Waals surface area contributed by atoms with Crippen molar-refractivity contribution in [3.8, 4) is 0 Å². The molecule has 1 atom stereocenters. The van der Waals surface area contributed by atoms with Crippen molar-refractivity contribution in [2.24, 2.45) is 7.05 Å². The van der Waals surface area contributed by atoms with Gasteiger partial charge in [-0.15, -0.1) is 0 Å². The van der Waals surface area contributed by atoms with Crippen molar-refractivity contribution in [3.05, 3.63) is 18.2 Å². The second kappa shape index (κ2) is 8.98. The zero-order valence-corrected chi connectivity index (χ0v) is 11.6. The van der Waals surface area contributed by atoms with E-state index in [0.717, 1.165) is 31.6 Å². The highest BCUT2D eigenvalue weighted by atomic mass is 19.3. The average molecular weight is 275 g/mol. The van der Waals surface area contributed by atoms with E-state index >= 15 is 0 Å². The van der Waals surface area contributed by atoms with Gasteiger partial charge in [-0.25, -0.2) is 13.8 Å². The number of hydrogen-bond donors (Lipinski definition) is 1. The molecule has 0 saturated heterocycles. The van der Waals surface area contributed by atoms with Gasteiger partial charge in [0.2, 0.25) is 0 Å². The van der Waals surface area contributed by atoms with Crippen LogP contribution in [0.5, 0.6) is 0 Å². The number of hydrogen-bond acceptors (Lipinski definition) is 3. The van der Waals surface area contributed by atoms with Gasteiger partial charge in [0.1, 0.15) is 12.4 Å². The van der Waals surface area contributed by atoms with Crippen LogP contribution in [0.1, 0.15) is 25.6 Å². The van der Waals surface area contributed by atoms with Crippen LogP contribution in [0.2, 0.25) is 0 Å². The summed E-state index contributed by atoms with van der Waals surface area (Å²) in [4.78, 5) is 4.27. The molecule has 110 valence electrons. The molecule has 1 rings (SSSR count). The van der Waals surface area contributed by atoms with Crippen molar-refractivity contribution in [2.75, 3.05) is 19.8 Å². The minimum absolute atomic E-state index is 0.277. The fourth-order valence-electron chi connectivity index (χ4n) is 1.98. The summed E-state index contributed by atoms with van der Waals surface area (Å²) in [5.41, 5.74) is 0. The number of alkyl halides is 2. The molecular weight excluding hydrogens is 252 g/mol. The van der Waals surface area contributed by atoms with Gasteiger partial charge in [0.25, 0.3) is 6.43 Å². The van der Waals surface area contributed by atoms with E-state index in [0.29, 0.717) is 6.61 Å². The van der Waals surface area contributed by atoms with Crippen molar-refractivity contribution in [2.45, 2.75) is 38.7 Å². The Bertz CT molecular complexity index is 344. The van der Waals surface area contributed by atoms with Crippen LogP contribution in [-0.4, -0.2) is 41.8 Å². The lowest BCUT2D eigenvalue weighted by molar-refractivity contribution is 0.0142. The first-order valence-corrected chi connectivity index (χ1v) is 6.69. The lowest BCUT2D eigenvalue weighted by Crippen LogP contribution is -2.31. The highest BCUT2D eigenvalue weighted by Crippen LogP contribution is 2.06. The van der Waals surface area contributed by atoms with Crippen molar-refractivity contribution < 1.29 is 13.5 Å². The number of imidazole rings is 1. The van der Waals surface area contributed by atoms with Crippen LogP contribution in [0.3, 0.4) is 0 Å². The molecule has 19 heavy (non-hydrogen) atoms. The van der Waals surface area contributed by atoms with E-state index in [4.69, 9.17) is 4.74 Å². The topological polar surface area (TPSA) is 39.1 Å². The van der Waals surface area contributed by atoms with Gasteiger partial charge < -0.3 is 14.6 Å². The molecule has 0 aliphatic heterocycles. The number of aromatic nitrogens is 2. The number of ether oxygens (including phenoxy) is 1. The Hall–Kier alpha value is -1.01. The normalized spacial score (nSPS) is 13.1. The van der Waals surface area contributed by atoms with Crippen molar-refractivity contribution >= 4 is 0 Å². The number of nitrogens with one attached hydrogen (secondary N) is 1. The van der Waals surface area contributed by atoms with Crippen LogP contribution in [0.25, 0.3) is 0 Å². The van der Waals surface area contributed by atoms with Gasteiger partial charge in [-0.2, -0.15) is 0 Å². The van der Waals surface area contributed by atoms with Gasteiger partial charge in [-0.05, 0) is 19.4 Å². The molecule has 1 heterocycles. The fraction of sp³-hybridized carbons (Fsp3) is 0.769. The Labute approximate surface area is 113 Å². The molecule has 1 N–H and O–H groups in total. The van der Waals surface area contributed by atoms with Crippen molar-refractivity contribution in [1.29, 1.82) is 0 Å². The molecule has 0 amide bonds. The number of halogens is 2. The summed E-state index contributed by atoms with van der Waals surface area (Å²) in [6.45, 7) is 2.79. The molecule has 0 aromatic carbocycles. The van der Waals surface area contributed by atoms with Crippen LogP contribution in [0.4, 0.5) is 8.78 Å². The van der Waals surface area contributed by atoms with E-state index in [9.17, 15) is 8.78 Å². The predicted octanol–water partition coefficient (Wildman–Crippen LogP) is 2.00. The second-order valence-electron chi connectivity index (χ2n) is 4.50. The lowest BCUT2D eigenvalue weighted by Gasteiger charge is -2.17. The van der Waals surface area contributed by atoms with Gasteiger partial charge >= 0.3 is 0 Å². The van der Waals surface area contributed by atoms with Gasteiger partial charge in [-0.3, -0.25) is 0 Å². The molecule has 1 aromatic heterocycles. The molecule has 0 spiro atoms. The van der Waals surface area contributed by atoms with Gasteiger partial charge in [0.05, 0.1) is 0 Å². The highest BCUT2D eigenvalue weighted by molar-refractivity contribution is 4.92. The molecule has 1 unspecified atom stereocenters. The van der Waals surface area contributed by atoms with Crippen LogP contribution in [0, 0.1) is 0 Å². The van der Waals surface area contributed by atoms with E-state index in [1.165, 1.54) is 0 Å². The summed E-state index contributed by atoms with van der Waals surface area (Å²) in [7, 11) is 1.97. The standard InChI is InChI=1S/C13H23F2N3O/c1-3-16-11(6-9-19-10-12(14)15)4-5-13-17-7-8-18(13)2/h7-8,11-12,16H,3-6,9-10H2,1-2H3. The zero-order chi connectivity index (χ0) is 14.1. The van der Waals surface area contributed by atoms with E-state index < -0.39 is 13.0 Å². The van der Waals surface area contributed by atoms with Crippen LogP contribution in [-0.2, 0) is 18.2 Å². The summed E-state index contributed by atoms with van der Waals surface area (Å²) < 4.78 is 30.8. The highest BCUT2D eigenvalue weighted by Gasteiger charge is 2.10. The summed E-state index contributed by atoms with van der Waals surface area (Å²) in [6.07, 6.45) is 3.86. The van der Waals surface area contributed by atoms with Gasteiger partial charge in [0, 0.05) is 38.5 Å². The first kappa shape index (κ1) is 16.0. The molecule has 0 aliphatic rings. The largest absolute Gasteiger partial charge is 0.375 e. The predicted molar refractivity (Wildman–Crippen MR) is 70.4 cm³/mol. The second-order valence-corrected chi connectivity index (χ2v) is 4.50. The average Bonchev–Trinajstić information content (AvgIpc) is 2.77. The molecule has 4 nitrogen and oxygen atoms in total. The molecule has 0 aliphatic carbocycles. The van der Waals surface area contributed by atoms with Crippen molar-refractivity contribution in [1.82, 2.24) is 14.9 Å². The first-order valence-electron chi connectivity index (χ1n) is 6.69. The Morgan fingerprint density at radius 1 is 1.42 bits per heavy atom. The van der Waals surface area contributed by atoms with E-state index in [1.54, 1.807) is 6.20 Å². The summed E-state index contributed by atoms with van der Waals surface area (Å²) in [6, 6.07) is 0.277. The molecule has 0 radical (unpaired) electrons. The minimum atomic E-state index is -2.38. The Morgan fingerprint density at radius 2 is 2.21 bits per heavy atom. The molecular formula is C13H23F2N3O. The van der Waals surface area contributed by atoms with Gasteiger partial charge in [-0.1, -0.05) is 6.92 Å². The first-order chi connectivity index (χ1) is 9.13. The maximum atomic E-state index is 11.9. The molecule has 1 aromatic rings. The summed E-state index contributed by atoms with van der Waals surface area (Å²) in [5.74, 6) is 1.04. The third-order valence-corrected chi connectivity index (χ3v) is 2.98. The lowest BCUT2D eigenvalue weighted by atomic mass is 10.1. The quantitative estimate of drug-likeness (QED) is 0.664. The van der Waals surface area contributed by atoms with Crippen LogP contribution >= 0.6 is 0 Å². The smallest absolute Gasteiger partial charge is 0.261 e. The van der Waals surface area contributed by atoms with Crippen LogP contribution in [0.15, 0.2) is 12.4 Å². The van der Waals surface area contributed by atoms with E-state index in [1.807, 2.05) is 24.7 Å². The zero-order valence-electron chi connectivity index (χ0n) is 11.6. The summed E-state index contributed by atoms with van der Waals surface area (Å²) in [5, 5.41) is 3.35. The number of rotatable bonds is 10.